The van der Waals surface area contributed by atoms with Crippen LogP contribution in [-0.2, 0) is 4.79 Å². The number of rotatable bonds is 7. The van der Waals surface area contributed by atoms with Gasteiger partial charge >= 0.3 is 5.51 Å². The molecule has 2 N–H and O–H groups in total. The van der Waals surface area contributed by atoms with Crippen LogP contribution >= 0.6 is 11.8 Å². The Labute approximate surface area is 175 Å². The van der Waals surface area contributed by atoms with Crippen molar-refractivity contribution in [3.05, 3.63) is 24.3 Å². The van der Waals surface area contributed by atoms with Crippen molar-refractivity contribution in [1.82, 2.24) is 10.6 Å². The molecule has 0 bridgehead atoms. The fraction of sp³-hybridized carbons (Fsp3) is 0.667. The molecule has 1 saturated heterocycles. The zero-order valence-corrected chi connectivity index (χ0v) is 17.9. The first-order valence-electron chi connectivity index (χ1n) is 10.2. The molecule has 1 heterocycles. The number of hydrogen-bond acceptors (Lipinski definition) is 4. The Balaban J connectivity index is 1.58. The van der Waals surface area contributed by atoms with Gasteiger partial charge < -0.3 is 15.5 Å². The van der Waals surface area contributed by atoms with Gasteiger partial charge in [0.25, 0.3) is 0 Å². The predicted octanol–water partition coefficient (Wildman–Crippen LogP) is 4.26. The van der Waals surface area contributed by atoms with Crippen LogP contribution in [0.2, 0.25) is 0 Å². The smallest absolute Gasteiger partial charge is 0.371 e. The lowest BCUT2D eigenvalue weighted by Crippen LogP contribution is -2.49. The van der Waals surface area contributed by atoms with Crippen LogP contribution in [0.4, 0.5) is 18.9 Å². The number of hydrogen-bond donors (Lipinski definition) is 2. The summed E-state index contributed by atoms with van der Waals surface area (Å²) in [6.07, 6.45) is 2.87. The third kappa shape index (κ3) is 5.81. The number of amides is 1. The first kappa shape index (κ1) is 22.3. The minimum atomic E-state index is -4.27. The van der Waals surface area contributed by atoms with Gasteiger partial charge in [-0.3, -0.25) is 4.79 Å². The van der Waals surface area contributed by atoms with E-state index in [-0.39, 0.29) is 34.6 Å². The van der Waals surface area contributed by atoms with Gasteiger partial charge in [0.2, 0.25) is 5.91 Å². The monoisotopic (exact) mass is 429 g/mol. The Morgan fingerprint density at radius 3 is 2.48 bits per heavy atom. The van der Waals surface area contributed by atoms with E-state index in [9.17, 15) is 18.0 Å². The summed E-state index contributed by atoms with van der Waals surface area (Å²) in [5.41, 5.74) is -3.32. The number of nitrogens with one attached hydrogen (secondary N) is 2. The van der Waals surface area contributed by atoms with E-state index in [4.69, 9.17) is 0 Å². The van der Waals surface area contributed by atoms with Crippen LogP contribution in [0.25, 0.3) is 0 Å². The molecule has 1 aromatic rings. The van der Waals surface area contributed by atoms with E-state index < -0.39 is 5.51 Å². The number of carbonyl (C=O) groups is 1. The van der Waals surface area contributed by atoms with Crippen molar-refractivity contribution in [3.8, 4) is 0 Å². The molecule has 1 saturated carbocycles. The number of fused-ring (bicyclic) bond motifs is 1. The van der Waals surface area contributed by atoms with Crippen LogP contribution < -0.4 is 15.5 Å². The summed E-state index contributed by atoms with van der Waals surface area (Å²) in [7, 11) is 1.82. The van der Waals surface area contributed by atoms with Crippen molar-refractivity contribution >= 4 is 23.4 Å². The second kappa shape index (κ2) is 9.16. The molecule has 4 atom stereocenters. The maximum atomic E-state index is 12.7. The number of carbonyl (C=O) groups excluding carboxylic acids is 1. The average Bonchev–Trinajstić information content (AvgIpc) is 3.20. The molecule has 3 rings (SSSR count). The van der Waals surface area contributed by atoms with Gasteiger partial charge in [0.1, 0.15) is 0 Å². The van der Waals surface area contributed by atoms with Crippen molar-refractivity contribution in [2.45, 2.75) is 55.6 Å². The van der Waals surface area contributed by atoms with Crippen LogP contribution in [0.3, 0.4) is 0 Å². The summed E-state index contributed by atoms with van der Waals surface area (Å²) >= 11 is -0.0872. The van der Waals surface area contributed by atoms with Crippen LogP contribution in [-0.4, -0.2) is 43.6 Å². The SMILES string of the molecule is CN[C@@H](CC(C)C)C(=O)N[C@H]1CC[C@@H]2CN(c3ccc(SC(F)(F)F)cc3)C[C@@H]21. The van der Waals surface area contributed by atoms with Crippen molar-refractivity contribution in [2.24, 2.45) is 17.8 Å². The molecule has 0 radical (unpaired) electrons. The summed E-state index contributed by atoms with van der Waals surface area (Å²) in [6, 6.07) is 6.59. The maximum Gasteiger partial charge on any atom is 0.446 e. The van der Waals surface area contributed by atoms with Gasteiger partial charge in [-0.25, -0.2) is 0 Å². The van der Waals surface area contributed by atoms with Crippen LogP contribution in [0, 0.1) is 17.8 Å². The van der Waals surface area contributed by atoms with Gasteiger partial charge in [0.05, 0.1) is 6.04 Å². The summed E-state index contributed by atoms with van der Waals surface area (Å²) in [4.78, 5) is 15.1. The molecule has 162 valence electrons. The second-order valence-corrected chi connectivity index (χ2v) is 9.67. The Hall–Kier alpha value is -1.41. The normalized spacial score (nSPS) is 25.3. The highest BCUT2D eigenvalue weighted by atomic mass is 32.2. The highest BCUT2D eigenvalue weighted by Gasteiger charge is 2.43. The molecule has 2 aliphatic rings. The summed E-state index contributed by atoms with van der Waals surface area (Å²) in [5, 5.41) is 6.38. The second-order valence-electron chi connectivity index (χ2n) is 8.53. The van der Waals surface area contributed by atoms with Gasteiger partial charge in [-0.2, -0.15) is 13.2 Å². The average molecular weight is 430 g/mol. The number of halogens is 3. The Morgan fingerprint density at radius 2 is 1.90 bits per heavy atom. The number of benzene rings is 1. The molecule has 1 aliphatic heterocycles. The van der Waals surface area contributed by atoms with E-state index in [0.717, 1.165) is 38.0 Å². The standard InChI is InChI=1S/C21H30F3N3OS/c1-13(2)10-19(25-3)20(28)26-18-9-4-14-11-27(12-17(14)18)15-5-7-16(8-6-15)29-21(22,23)24/h5-8,13-14,17-19,25H,4,9-12H2,1-3H3,(H,26,28)/t14-,17+,18+,19+/m1/s1. The molecule has 8 heteroatoms. The van der Waals surface area contributed by atoms with E-state index in [1.54, 1.807) is 12.1 Å². The van der Waals surface area contributed by atoms with Crippen molar-refractivity contribution in [2.75, 3.05) is 25.0 Å². The van der Waals surface area contributed by atoms with E-state index in [0.29, 0.717) is 17.8 Å². The lowest BCUT2D eigenvalue weighted by molar-refractivity contribution is -0.124. The topological polar surface area (TPSA) is 44.4 Å². The lowest BCUT2D eigenvalue weighted by Gasteiger charge is -2.25. The molecule has 29 heavy (non-hydrogen) atoms. The van der Waals surface area contributed by atoms with Crippen molar-refractivity contribution in [1.29, 1.82) is 0 Å². The van der Waals surface area contributed by atoms with Gasteiger partial charge in [-0.15, -0.1) is 0 Å². The molecule has 0 spiro atoms. The Bertz CT molecular complexity index is 695. The first-order chi connectivity index (χ1) is 13.7. The fourth-order valence-electron chi connectivity index (χ4n) is 4.62. The van der Waals surface area contributed by atoms with E-state index in [1.807, 2.05) is 7.05 Å². The van der Waals surface area contributed by atoms with Crippen molar-refractivity contribution < 1.29 is 18.0 Å². The molecule has 4 nitrogen and oxygen atoms in total. The Kier molecular flexibility index (Phi) is 7.04. The quantitative estimate of drug-likeness (QED) is 0.636. The summed E-state index contributed by atoms with van der Waals surface area (Å²) in [6.45, 7) is 5.94. The van der Waals surface area contributed by atoms with Gasteiger partial charge in [0.15, 0.2) is 0 Å². The molecule has 2 fully saturated rings. The predicted molar refractivity (Wildman–Crippen MR) is 111 cm³/mol. The van der Waals surface area contributed by atoms with Gasteiger partial charge in [-0.05, 0) is 74.2 Å². The number of alkyl halides is 3. The maximum absolute atomic E-state index is 12.7. The van der Waals surface area contributed by atoms with Crippen LogP contribution in [0.15, 0.2) is 29.2 Å². The summed E-state index contributed by atoms with van der Waals surface area (Å²) < 4.78 is 37.5. The molecule has 1 amide bonds. The molecule has 0 aromatic heterocycles. The zero-order chi connectivity index (χ0) is 21.2. The van der Waals surface area contributed by atoms with E-state index in [1.165, 1.54) is 12.1 Å². The highest BCUT2D eigenvalue weighted by Crippen LogP contribution is 2.41. The van der Waals surface area contributed by atoms with Crippen LogP contribution in [0.1, 0.15) is 33.1 Å². The molecular formula is C21H30F3N3OS. The number of thioether (sulfide) groups is 1. The van der Waals surface area contributed by atoms with Gasteiger partial charge in [-0.1, -0.05) is 13.8 Å². The third-order valence-corrected chi connectivity index (χ3v) is 6.73. The number of nitrogens with zero attached hydrogens (tertiary/aromatic N) is 1. The lowest BCUT2D eigenvalue weighted by atomic mass is 9.97. The summed E-state index contributed by atoms with van der Waals surface area (Å²) in [5.74, 6) is 1.41. The Morgan fingerprint density at radius 1 is 1.21 bits per heavy atom. The molecular weight excluding hydrogens is 399 g/mol. The molecule has 1 aromatic carbocycles. The van der Waals surface area contributed by atoms with Crippen molar-refractivity contribution in [3.63, 3.8) is 0 Å². The molecule has 0 unspecified atom stereocenters. The van der Waals surface area contributed by atoms with Gasteiger partial charge in [0, 0.05) is 35.6 Å². The highest BCUT2D eigenvalue weighted by molar-refractivity contribution is 8.00. The largest absolute Gasteiger partial charge is 0.446 e. The first-order valence-corrected chi connectivity index (χ1v) is 11.1. The minimum Gasteiger partial charge on any atom is -0.371 e. The minimum absolute atomic E-state index is 0.0684. The van der Waals surface area contributed by atoms with Crippen LogP contribution in [0.5, 0.6) is 0 Å². The van der Waals surface area contributed by atoms with E-state index >= 15 is 0 Å². The third-order valence-electron chi connectivity index (χ3n) is 5.99. The number of likely N-dealkylation sites (N-methyl/N-ethyl adjacent to an activating group) is 1. The zero-order valence-electron chi connectivity index (χ0n) is 17.1. The molecule has 1 aliphatic carbocycles. The fourth-order valence-corrected chi connectivity index (χ4v) is 5.16. The number of anilines is 1. The van der Waals surface area contributed by atoms with E-state index in [2.05, 4.69) is 29.4 Å².